The van der Waals surface area contributed by atoms with Gasteiger partial charge in [0.1, 0.15) is 0 Å². The summed E-state index contributed by atoms with van der Waals surface area (Å²) >= 11 is 0. The van der Waals surface area contributed by atoms with E-state index in [2.05, 4.69) is 39.9 Å². The van der Waals surface area contributed by atoms with Gasteiger partial charge in [-0.05, 0) is 24.3 Å². The van der Waals surface area contributed by atoms with Gasteiger partial charge in [-0.2, -0.15) is 29.9 Å². The van der Waals surface area contributed by atoms with Crippen molar-refractivity contribution >= 4 is 23.8 Å². The van der Waals surface area contributed by atoms with Gasteiger partial charge >= 0.3 is 0 Å². The Kier molecular flexibility index (Phi) is 8.15. The highest BCUT2D eigenvalue weighted by Crippen LogP contribution is 2.22. The Hall–Kier alpha value is -4.56. The van der Waals surface area contributed by atoms with Crippen molar-refractivity contribution in [1.29, 1.82) is 0 Å². The molecule has 0 unspecified atom stereocenters. The van der Waals surface area contributed by atoms with Crippen LogP contribution in [0.2, 0.25) is 0 Å². The molecule has 0 aliphatic heterocycles. The van der Waals surface area contributed by atoms with Crippen molar-refractivity contribution in [3.8, 4) is 34.2 Å². The Morgan fingerprint density at radius 2 is 0.812 bits per heavy atom. The summed E-state index contributed by atoms with van der Waals surface area (Å²) in [5.74, 6) is 0.869. The van der Waals surface area contributed by atoms with E-state index in [1.54, 1.807) is 36.7 Å². The number of nitrogen functional groups attached to an aromatic ring is 4. The Balaban J connectivity index is 0.000000860. The van der Waals surface area contributed by atoms with Gasteiger partial charge in [0.2, 0.25) is 23.8 Å². The maximum absolute atomic E-state index is 7.00. The van der Waals surface area contributed by atoms with E-state index in [0.29, 0.717) is 34.2 Å². The molecule has 4 rings (SSSR count). The standard InChI is InChI=1S/C16H14N12.2CH4O/c17-13-23-11(24-14(18)27-13)7-1-3-9(21-5-7)10-4-2-8(6-22-10)12-25-15(19)28-16(20)26-12;2*1-2/h1-6H,(H4,17,18,23,24,27)(H4,19,20,25,26,28);2*2H,1H3. The first kappa shape index (κ1) is 23.7. The summed E-state index contributed by atoms with van der Waals surface area (Å²) in [4.78, 5) is 32.4. The molecule has 4 heterocycles. The molecular weight excluding hydrogens is 416 g/mol. The summed E-state index contributed by atoms with van der Waals surface area (Å²) in [5, 5.41) is 14.0. The fraction of sp³-hybridized carbons (Fsp3) is 0.111. The van der Waals surface area contributed by atoms with Crippen LogP contribution in [0.15, 0.2) is 36.7 Å². The summed E-state index contributed by atoms with van der Waals surface area (Å²) in [6.07, 6.45) is 3.21. The van der Waals surface area contributed by atoms with Gasteiger partial charge in [0.25, 0.3) is 0 Å². The SMILES string of the molecule is CO.CO.Nc1nc(N)nc(-c2ccc(-c3ccc(-c4nc(N)nc(N)n4)cn3)nc2)n1. The largest absolute Gasteiger partial charge is 0.400 e. The number of aliphatic hydroxyl groups is 2. The summed E-state index contributed by atoms with van der Waals surface area (Å²) in [6, 6.07) is 7.15. The highest BCUT2D eigenvalue weighted by atomic mass is 16.2. The Bertz CT molecular complexity index is 1020. The molecule has 0 amide bonds. The highest BCUT2D eigenvalue weighted by molar-refractivity contribution is 5.64. The second kappa shape index (κ2) is 11.0. The van der Waals surface area contributed by atoms with Crippen LogP contribution in [0.1, 0.15) is 0 Å². The smallest absolute Gasteiger partial charge is 0.225 e. The molecule has 14 nitrogen and oxygen atoms in total. The van der Waals surface area contributed by atoms with Gasteiger partial charge in [-0.15, -0.1) is 0 Å². The number of rotatable bonds is 3. The van der Waals surface area contributed by atoms with E-state index >= 15 is 0 Å². The number of anilines is 4. The van der Waals surface area contributed by atoms with E-state index in [9.17, 15) is 0 Å². The zero-order chi connectivity index (χ0) is 23.7. The van der Waals surface area contributed by atoms with Crippen molar-refractivity contribution in [3.63, 3.8) is 0 Å². The van der Waals surface area contributed by atoms with E-state index in [1.165, 1.54) is 0 Å². The van der Waals surface area contributed by atoms with Crippen molar-refractivity contribution < 1.29 is 10.2 Å². The van der Waals surface area contributed by atoms with Gasteiger partial charge in [-0.1, -0.05) is 0 Å². The molecule has 4 aromatic rings. The zero-order valence-electron chi connectivity index (χ0n) is 17.2. The van der Waals surface area contributed by atoms with E-state index in [0.717, 1.165) is 14.2 Å². The molecule has 0 radical (unpaired) electrons. The van der Waals surface area contributed by atoms with Crippen molar-refractivity contribution in [2.75, 3.05) is 37.2 Å². The zero-order valence-corrected chi connectivity index (χ0v) is 17.2. The molecule has 10 N–H and O–H groups in total. The molecular formula is C18H22N12O2. The molecule has 0 bridgehead atoms. The minimum atomic E-state index is 0.0448. The lowest BCUT2D eigenvalue weighted by Crippen LogP contribution is -2.04. The van der Waals surface area contributed by atoms with E-state index in [4.69, 9.17) is 33.1 Å². The second-order valence-corrected chi connectivity index (χ2v) is 5.62. The van der Waals surface area contributed by atoms with Gasteiger partial charge in [0.05, 0.1) is 11.4 Å². The summed E-state index contributed by atoms with van der Waals surface area (Å²) < 4.78 is 0. The normalized spacial score (nSPS) is 9.75. The van der Waals surface area contributed by atoms with Crippen LogP contribution in [-0.4, -0.2) is 64.3 Å². The topological polar surface area (TPSA) is 248 Å². The third-order valence-corrected chi connectivity index (χ3v) is 3.65. The molecule has 0 saturated heterocycles. The second-order valence-electron chi connectivity index (χ2n) is 5.62. The quantitative estimate of drug-likeness (QED) is 0.233. The van der Waals surface area contributed by atoms with E-state index < -0.39 is 0 Å². The van der Waals surface area contributed by atoms with Crippen LogP contribution in [0.5, 0.6) is 0 Å². The van der Waals surface area contributed by atoms with Gasteiger partial charge in [0, 0.05) is 37.7 Å². The lowest BCUT2D eigenvalue weighted by Gasteiger charge is -2.05. The predicted molar refractivity (Wildman–Crippen MR) is 119 cm³/mol. The number of pyridine rings is 2. The molecule has 0 fully saturated rings. The number of hydrogen-bond acceptors (Lipinski definition) is 14. The van der Waals surface area contributed by atoms with Gasteiger partial charge in [-0.25, -0.2) is 0 Å². The van der Waals surface area contributed by atoms with Crippen LogP contribution in [0.25, 0.3) is 34.2 Å². The maximum Gasteiger partial charge on any atom is 0.225 e. The Morgan fingerprint density at radius 1 is 0.500 bits per heavy atom. The van der Waals surface area contributed by atoms with Crippen LogP contribution in [-0.2, 0) is 0 Å². The number of nitrogens with zero attached hydrogens (tertiary/aromatic N) is 8. The van der Waals surface area contributed by atoms with Crippen molar-refractivity contribution in [1.82, 2.24) is 39.9 Å². The van der Waals surface area contributed by atoms with Crippen molar-refractivity contribution in [2.24, 2.45) is 0 Å². The molecule has 0 aromatic carbocycles. The van der Waals surface area contributed by atoms with Crippen molar-refractivity contribution in [2.45, 2.75) is 0 Å². The monoisotopic (exact) mass is 438 g/mol. The van der Waals surface area contributed by atoms with Gasteiger partial charge in [0.15, 0.2) is 11.6 Å². The minimum absolute atomic E-state index is 0.0448. The fourth-order valence-corrected chi connectivity index (χ4v) is 2.43. The molecule has 0 aliphatic carbocycles. The average Bonchev–Trinajstić information content (AvgIpc) is 2.81. The van der Waals surface area contributed by atoms with Crippen LogP contribution < -0.4 is 22.9 Å². The first-order valence-electron chi connectivity index (χ1n) is 8.84. The molecule has 0 aliphatic rings. The van der Waals surface area contributed by atoms with Crippen LogP contribution >= 0.6 is 0 Å². The molecule has 0 saturated carbocycles. The predicted octanol–water partition coefficient (Wildman–Crippen LogP) is -0.607. The summed E-state index contributed by atoms with van der Waals surface area (Å²) in [6.45, 7) is 0. The van der Waals surface area contributed by atoms with Crippen molar-refractivity contribution in [3.05, 3.63) is 36.7 Å². The summed E-state index contributed by atoms with van der Waals surface area (Å²) in [7, 11) is 2.00. The third-order valence-electron chi connectivity index (χ3n) is 3.65. The Labute approximate surface area is 182 Å². The number of hydrogen-bond donors (Lipinski definition) is 6. The number of aromatic nitrogens is 8. The fourth-order valence-electron chi connectivity index (χ4n) is 2.43. The molecule has 166 valence electrons. The highest BCUT2D eigenvalue weighted by Gasteiger charge is 2.09. The molecule has 4 aromatic heterocycles. The first-order chi connectivity index (χ1) is 15.5. The van der Waals surface area contributed by atoms with E-state index in [1.807, 2.05) is 0 Å². The lowest BCUT2D eigenvalue weighted by molar-refractivity contribution is 0.399. The lowest BCUT2D eigenvalue weighted by atomic mass is 10.2. The molecule has 32 heavy (non-hydrogen) atoms. The summed E-state index contributed by atoms with van der Waals surface area (Å²) in [5.41, 5.74) is 25.0. The van der Waals surface area contributed by atoms with Crippen LogP contribution in [0.3, 0.4) is 0 Å². The number of aliphatic hydroxyl groups excluding tert-OH is 2. The van der Waals surface area contributed by atoms with E-state index in [-0.39, 0.29) is 23.8 Å². The Morgan fingerprint density at radius 3 is 1.06 bits per heavy atom. The average molecular weight is 438 g/mol. The number of nitrogens with two attached hydrogens (primary N) is 4. The van der Waals surface area contributed by atoms with Gasteiger partial charge < -0.3 is 33.1 Å². The molecule has 14 heteroatoms. The maximum atomic E-state index is 7.00. The van der Waals surface area contributed by atoms with Crippen LogP contribution in [0, 0.1) is 0 Å². The third kappa shape index (κ3) is 5.74. The molecule has 0 atom stereocenters. The first-order valence-corrected chi connectivity index (χ1v) is 8.84. The minimum Gasteiger partial charge on any atom is -0.400 e. The van der Waals surface area contributed by atoms with Gasteiger partial charge in [-0.3, -0.25) is 9.97 Å². The van der Waals surface area contributed by atoms with Crippen LogP contribution in [0.4, 0.5) is 23.8 Å². The molecule has 0 spiro atoms.